The lowest BCUT2D eigenvalue weighted by Crippen LogP contribution is -2.46. The van der Waals surface area contributed by atoms with Gasteiger partial charge in [0, 0.05) is 34.4 Å². The lowest BCUT2D eigenvalue weighted by atomic mass is 9.95. The zero-order valence-corrected chi connectivity index (χ0v) is 15.7. The highest BCUT2D eigenvalue weighted by atomic mass is 127. The molecule has 0 bridgehead atoms. The molecule has 0 heterocycles. The van der Waals surface area contributed by atoms with E-state index >= 15 is 0 Å². The van der Waals surface area contributed by atoms with Crippen molar-refractivity contribution in [3.63, 3.8) is 0 Å². The van der Waals surface area contributed by atoms with Crippen LogP contribution >= 0.6 is 24.0 Å². The molecule has 118 valence electrons. The number of nitrogens with one attached hydrogen (secondary N) is 2. The third-order valence-electron chi connectivity index (χ3n) is 3.35. The normalized spacial score (nSPS) is 24.4. The van der Waals surface area contributed by atoms with Gasteiger partial charge in [-0.15, -0.1) is 30.6 Å². The van der Waals surface area contributed by atoms with Crippen LogP contribution in [0.4, 0.5) is 0 Å². The molecule has 0 spiro atoms. The van der Waals surface area contributed by atoms with E-state index in [0.717, 1.165) is 43.9 Å². The fourth-order valence-corrected chi connectivity index (χ4v) is 3.77. The van der Waals surface area contributed by atoms with Crippen LogP contribution in [0.3, 0.4) is 0 Å². The molecule has 1 aliphatic carbocycles. The molecule has 1 rings (SSSR count). The van der Waals surface area contributed by atoms with E-state index in [1.807, 2.05) is 6.92 Å². The van der Waals surface area contributed by atoms with Gasteiger partial charge in [-0.1, -0.05) is 19.4 Å². The molecule has 1 saturated carbocycles. The first-order valence-corrected chi connectivity index (χ1v) is 8.62. The quantitative estimate of drug-likeness (QED) is 0.304. The fourth-order valence-electron chi connectivity index (χ4n) is 2.42. The second-order valence-corrected chi connectivity index (χ2v) is 6.81. The van der Waals surface area contributed by atoms with Gasteiger partial charge in [0.05, 0.1) is 6.54 Å². The van der Waals surface area contributed by atoms with Crippen molar-refractivity contribution in [1.82, 2.24) is 10.6 Å². The van der Waals surface area contributed by atoms with Gasteiger partial charge < -0.3 is 10.6 Å². The molecule has 3 atom stereocenters. The van der Waals surface area contributed by atoms with Gasteiger partial charge >= 0.3 is 0 Å². The maximum atomic E-state index is 11.9. The van der Waals surface area contributed by atoms with Gasteiger partial charge in [0.25, 0.3) is 0 Å². The van der Waals surface area contributed by atoms with Crippen LogP contribution in [-0.2, 0) is 10.8 Å². The second kappa shape index (κ2) is 11.5. The summed E-state index contributed by atoms with van der Waals surface area (Å²) in [5.74, 6) is 1.61. The SMILES string of the molecule is C=CCN=C(NCC)NC1CCCC(S(=O)CC)C1.I. The van der Waals surface area contributed by atoms with Crippen LogP contribution in [-0.4, -0.2) is 40.3 Å². The lowest BCUT2D eigenvalue weighted by Gasteiger charge is -2.30. The smallest absolute Gasteiger partial charge is 0.191 e. The third kappa shape index (κ3) is 7.06. The summed E-state index contributed by atoms with van der Waals surface area (Å²) in [6.07, 6.45) is 6.15. The molecule has 0 aromatic carbocycles. The Labute approximate surface area is 142 Å². The van der Waals surface area contributed by atoms with Crippen molar-refractivity contribution in [3.05, 3.63) is 12.7 Å². The molecule has 0 aromatic heterocycles. The number of hydrogen-bond donors (Lipinski definition) is 2. The van der Waals surface area contributed by atoms with E-state index in [9.17, 15) is 4.21 Å². The van der Waals surface area contributed by atoms with E-state index in [1.54, 1.807) is 6.08 Å². The summed E-state index contributed by atoms with van der Waals surface area (Å²) in [5, 5.41) is 7.04. The van der Waals surface area contributed by atoms with Crippen molar-refractivity contribution >= 4 is 40.7 Å². The third-order valence-corrected chi connectivity index (χ3v) is 5.09. The topological polar surface area (TPSA) is 53.5 Å². The first kappa shape index (κ1) is 19.9. The number of rotatable bonds is 6. The predicted octanol–water partition coefficient (Wildman–Crippen LogP) is 2.43. The molecule has 0 aliphatic heterocycles. The molecule has 1 fully saturated rings. The van der Waals surface area contributed by atoms with Crippen molar-refractivity contribution < 1.29 is 4.21 Å². The molecule has 0 amide bonds. The minimum Gasteiger partial charge on any atom is -0.357 e. The Kier molecular flexibility index (Phi) is 11.5. The summed E-state index contributed by atoms with van der Waals surface area (Å²) in [5.41, 5.74) is 0. The maximum Gasteiger partial charge on any atom is 0.191 e. The number of hydrogen-bond acceptors (Lipinski definition) is 2. The molecule has 2 N–H and O–H groups in total. The molecular weight excluding hydrogens is 385 g/mol. The van der Waals surface area contributed by atoms with Crippen LogP contribution in [0.5, 0.6) is 0 Å². The Morgan fingerprint density at radius 3 is 2.80 bits per heavy atom. The molecular formula is C14H28IN3OS. The second-order valence-electron chi connectivity index (χ2n) is 4.81. The molecule has 6 heteroatoms. The zero-order chi connectivity index (χ0) is 14.1. The molecule has 20 heavy (non-hydrogen) atoms. The van der Waals surface area contributed by atoms with Gasteiger partial charge in [0.1, 0.15) is 0 Å². The highest BCUT2D eigenvalue weighted by Crippen LogP contribution is 2.22. The summed E-state index contributed by atoms with van der Waals surface area (Å²) in [4.78, 5) is 4.42. The summed E-state index contributed by atoms with van der Waals surface area (Å²) in [6.45, 7) is 9.21. The molecule has 4 nitrogen and oxygen atoms in total. The van der Waals surface area contributed by atoms with Crippen LogP contribution in [0.2, 0.25) is 0 Å². The predicted molar refractivity (Wildman–Crippen MR) is 99.5 cm³/mol. The summed E-state index contributed by atoms with van der Waals surface area (Å²) in [6, 6.07) is 0.386. The van der Waals surface area contributed by atoms with Crippen LogP contribution in [0, 0.1) is 0 Å². The van der Waals surface area contributed by atoms with E-state index in [2.05, 4.69) is 29.1 Å². The van der Waals surface area contributed by atoms with Crippen LogP contribution in [0.1, 0.15) is 39.5 Å². The van der Waals surface area contributed by atoms with Gasteiger partial charge in [-0.2, -0.15) is 0 Å². The van der Waals surface area contributed by atoms with Crippen LogP contribution < -0.4 is 10.6 Å². The van der Waals surface area contributed by atoms with E-state index in [4.69, 9.17) is 0 Å². The lowest BCUT2D eigenvalue weighted by molar-refractivity contribution is 0.413. The highest BCUT2D eigenvalue weighted by Gasteiger charge is 2.25. The van der Waals surface area contributed by atoms with Crippen LogP contribution in [0.25, 0.3) is 0 Å². The number of nitrogens with zero attached hydrogens (tertiary/aromatic N) is 1. The Bertz CT molecular complexity index is 336. The first-order valence-electron chi connectivity index (χ1n) is 7.24. The molecule has 0 saturated heterocycles. The minimum absolute atomic E-state index is 0. The van der Waals surface area contributed by atoms with Crippen molar-refractivity contribution in [2.24, 2.45) is 4.99 Å². The van der Waals surface area contributed by atoms with Crippen molar-refractivity contribution in [3.8, 4) is 0 Å². The summed E-state index contributed by atoms with van der Waals surface area (Å²) in [7, 11) is -0.674. The van der Waals surface area contributed by atoms with Gasteiger partial charge in [-0.05, 0) is 26.2 Å². The van der Waals surface area contributed by atoms with Gasteiger partial charge in [0.2, 0.25) is 0 Å². The zero-order valence-electron chi connectivity index (χ0n) is 12.6. The number of halogens is 1. The van der Waals surface area contributed by atoms with E-state index < -0.39 is 10.8 Å². The van der Waals surface area contributed by atoms with Gasteiger partial charge in [-0.25, -0.2) is 4.99 Å². The minimum atomic E-state index is -0.674. The summed E-state index contributed by atoms with van der Waals surface area (Å²) < 4.78 is 11.9. The largest absolute Gasteiger partial charge is 0.357 e. The molecule has 1 aliphatic rings. The standard InChI is InChI=1S/C14H27N3OS.HI/c1-4-10-16-14(15-5-2)17-12-8-7-9-13(11-12)19(18)6-3;/h4,12-13H,1,5-11H2,2-3H3,(H2,15,16,17);1H. The van der Waals surface area contributed by atoms with E-state index in [-0.39, 0.29) is 24.0 Å². The Morgan fingerprint density at radius 2 is 2.20 bits per heavy atom. The molecule has 3 unspecified atom stereocenters. The highest BCUT2D eigenvalue weighted by molar-refractivity contribution is 14.0. The van der Waals surface area contributed by atoms with Crippen molar-refractivity contribution in [2.45, 2.75) is 50.8 Å². The van der Waals surface area contributed by atoms with Gasteiger partial charge in [0.15, 0.2) is 5.96 Å². The maximum absolute atomic E-state index is 11.9. The molecule has 0 aromatic rings. The number of guanidine groups is 1. The number of aliphatic imine (C=N–C) groups is 1. The average molecular weight is 413 g/mol. The van der Waals surface area contributed by atoms with E-state index in [0.29, 0.717) is 17.8 Å². The Hall–Kier alpha value is -0.110. The monoisotopic (exact) mass is 413 g/mol. The fraction of sp³-hybridized carbons (Fsp3) is 0.786. The van der Waals surface area contributed by atoms with Gasteiger partial charge in [-0.3, -0.25) is 4.21 Å². The molecule has 0 radical (unpaired) electrons. The summed E-state index contributed by atoms with van der Waals surface area (Å²) >= 11 is 0. The van der Waals surface area contributed by atoms with Crippen molar-refractivity contribution in [1.29, 1.82) is 0 Å². The average Bonchev–Trinajstić information content (AvgIpc) is 2.44. The van der Waals surface area contributed by atoms with Crippen LogP contribution in [0.15, 0.2) is 17.6 Å². The Balaban J connectivity index is 0.00000361. The Morgan fingerprint density at radius 1 is 1.45 bits per heavy atom. The first-order chi connectivity index (χ1) is 9.21. The van der Waals surface area contributed by atoms with E-state index in [1.165, 1.54) is 0 Å². The van der Waals surface area contributed by atoms with Crippen molar-refractivity contribution in [2.75, 3.05) is 18.8 Å².